The van der Waals surface area contributed by atoms with Gasteiger partial charge in [0.25, 0.3) is 0 Å². The van der Waals surface area contributed by atoms with Gasteiger partial charge in [-0.1, -0.05) is 25.1 Å². The third kappa shape index (κ3) is 3.29. The van der Waals surface area contributed by atoms with Gasteiger partial charge in [0, 0.05) is 18.9 Å². The number of hydrogen-bond donors (Lipinski definition) is 1. The Morgan fingerprint density at radius 2 is 2.15 bits per heavy atom. The van der Waals surface area contributed by atoms with Crippen LogP contribution in [-0.2, 0) is 9.59 Å². The molecule has 1 saturated heterocycles. The summed E-state index contributed by atoms with van der Waals surface area (Å²) < 4.78 is 5.67. The Labute approximate surface area is 118 Å². The summed E-state index contributed by atoms with van der Waals surface area (Å²) in [5.41, 5.74) is 5.34. The van der Waals surface area contributed by atoms with Gasteiger partial charge in [0.1, 0.15) is 11.8 Å². The van der Waals surface area contributed by atoms with E-state index in [0.29, 0.717) is 26.0 Å². The van der Waals surface area contributed by atoms with Gasteiger partial charge in [-0.2, -0.15) is 0 Å². The molecule has 0 spiro atoms. The standard InChI is InChI=1S/C15H20N2O3/c1-2-13(15(16)19)17-9-11(8-14(17)18)10-20-12-6-4-3-5-7-12/h3-7,11,13H,2,8-10H2,1H3,(H2,16,19). The minimum atomic E-state index is -0.496. The molecule has 2 atom stereocenters. The third-order valence-electron chi connectivity index (χ3n) is 3.56. The number of amides is 2. The molecule has 1 aliphatic rings. The number of nitrogens with two attached hydrogens (primary N) is 1. The van der Waals surface area contributed by atoms with Crippen LogP contribution in [0.4, 0.5) is 0 Å². The van der Waals surface area contributed by atoms with Crippen molar-refractivity contribution in [3.63, 3.8) is 0 Å². The Hall–Kier alpha value is -2.04. The fourth-order valence-electron chi connectivity index (χ4n) is 2.53. The first kappa shape index (κ1) is 14.4. The van der Waals surface area contributed by atoms with E-state index >= 15 is 0 Å². The van der Waals surface area contributed by atoms with Gasteiger partial charge in [-0.25, -0.2) is 0 Å². The number of carbonyl (C=O) groups excluding carboxylic acids is 2. The molecule has 2 amide bonds. The lowest BCUT2D eigenvalue weighted by molar-refractivity contribution is -0.136. The van der Waals surface area contributed by atoms with E-state index in [1.54, 1.807) is 4.90 Å². The molecule has 1 heterocycles. The number of ether oxygens (including phenoxy) is 1. The highest BCUT2D eigenvalue weighted by Crippen LogP contribution is 2.22. The number of carbonyl (C=O) groups is 2. The van der Waals surface area contributed by atoms with Gasteiger partial charge in [-0.3, -0.25) is 9.59 Å². The van der Waals surface area contributed by atoms with E-state index in [1.165, 1.54) is 0 Å². The van der Waals surface area contributed by atoms with Crippen LogP contribution in [0.2, 0.25) is 0 Å². The molecule has 1 aromatic rings. The lowest BCUT2D eigenvalue weighted by Crippen LogP contribution is -2.45. The second-order valence-corrected chi connectivity index (χ2v) is 5.07. The predicted octanol–water partition coefficient (Wildman–Crippen LogP) is 1.18. The number of rotatable bonds is 6. The number of nitrogens with zero attached hydrogens (tertiary/aromatic N) is 1. The molecule has 0 saturated carbocycles. The van der Waals surface area contributed by atoms with Gasteiger partial charge in [-0.05, 0) is 18.6 Å². The Kier molecular flexibility index (Phi) is 4.61. The van der Waals surface area contributed by atoms with E-state index in [4.69, 9.17) is 10.5 Å². The summed E-state index contributed by atoms with van der Waals surface area (Å²) in [7, 11) is 0. The number of benzene rings is 1. The van der Waals surface area contributed by atoms with Crippen LogP contribution in [0.25, 0.3) is 0 Å². The first-order chi connectivity index (χ1) is 9.61. The van der Waals surface area contributed by atoms with Gasteiger partial charge in [-0.15, -0.1) is 0 Å². The van der Waals surface area contributed by atoms with Gasteiger partial charge in [0.15, 0.2) is 0 Å². The lowest BCUT2D eigenvalue weighted by atomic mass is 10.1. The highest BCUT2D eigenvalue weighted by molar-refractivity contribution is 5.87. The molecule has 0 aromatic heterocycles. The monoisotopic (exact) mass is 276 g/mol. The third-order valence-corrected chi connectivity index (χ3v) is 3.56. The molecular formula is C15H20N2O3. The molecule has 2 rings (SSSR count). The summed E-state index contributed by atoms with van der Waals surface area (Å²) in [5.74, 6) is 0.444. The normalized spacial score (nSPS) is 19.9. The second kappa shape index (κ2) is 6.41. The quantitative estimate of drug-likeness (QED) is 0.848. The zero-order valence-electron chi connectivity index (χ0n) is 11.6. The van der Waals surface area contributed by atoms with Crippen molar-refractivity contribution in [2.45, 2.75) is 25.8 Å². The number of primary amides is 1. The fraction of sp³-hybridized carbons (Fsp3) is 0.467. The molecule has 0 bridgehead atoms. The zero-order chi connectivity index (χ0) is 14.5. The van der Waals surface area contributed by atoms with Crippen molar-refractivity contribution in [1.29, 1.82) is 0 Å². The van der Waals surface area contributed by atoms with Crippen LogP contribution in [0.3, 0.4) is 0 Å². The van der Waals surface area contributed by atoms with E-state index in [2.05, 4.69) is 0 Å². The molecule has 5 heteroatoms. The summed E-state index contributed by atoms with van der Waals surface area (Å²) >= 11 is 0. The molecule has 0 radical (unpaired) electrons. The van der Waals surface area contributed by atoms with E-state index in [-0.39, 0.29) is 11.8 Å². The van der Waals surface area contributed by atoms with Crippen LogP contribution in [0.5, 0.6) is 5.75 Å². The highest BCUT2D eigenvalue weighted by atomic mass is 16.5. The Morgan fingerprint density at radius 1 is 1.45 bits per heavy atom. The van der Waals surface area contributed by atoms with Crippen molar-refractivity contribution < 1.29 is 14.3 Å². The van der Waals surface area contributed by atoms with Crippen LogP contribution in [-0.4, -0.2) is 35.9 Å². The summed E-state index contributed by atoms with van der Waals surface area (Å²) in [6.07, 6.45) is 0.962. The van der Waals surface area contributed by atoms with Crippen LogP contribution < -0.4 is 10.5 Å². The second-order valence-electron chi connectivity index (χ2n) is 5.07. The fourth-order valence-corrected chi connectivity index (χ4v) is 2.53. The Morgan fingerprint density at radius 3 is 2.75 bits per heavy atom. The van der Waals surface area contributed by atoms with E-state index < -0.39 is 11.9 Å². The molecular weight excluding hydrogens is 256 g/mol. The molecule has 108 valence electrons. The zero-order valence-corrected chi connectivity index (χ0v) is 11.6. The Balaban J connectivity index is 1.90. The molecule has 5 nitrogen and oxygen atoms in total. The van der Waals surface area contributed by atoms with E-state index in [9.17, 15) is 9.59 Å². The maximum atomic E-state index is 12.0. The van der Waals surface area contributed by atoms with Crippen LogP contribution in [0.15, 0.2) is 30.3 Å². The van der Waals surface area contributed by atoms with E-state index in [1.807, 2.05) is 37.3 Å². The number of para-hydroxylation sites is 1. The lowest BCUT2D eigenvalue weighted by Gasteiger charge is -2.24. The first-order valence-electron chi connectivity index (χ1n) is 6.88. The highest BCUT2D eigenvalue weighted by Gasteiger charge is 2.36. The van der Waals surface area contributed by atoms with Crippen molar-refractivity contribution in [3.8, 4) is 5.75 Å². The van der Waals surface area contributed by atoms with Crippen molar-refractivity contribution >= 4 is 11.8 Å². The van der Waals surface area contributed by atoms with Crippen LogP contribution in [0.1, 0.15) is 19.8 Å². The van der Waals surface area contributed by atoms with Gasteiger partial charge in [0.2, 0.25) is 11.8 Å². The van der Waals surface area contributed by atoms with Crippen molar-refractivity contribution in [1.82, 2.24) is 4.90 Å². The molecule has 2 N–H and O–H groups in total. The smallest absolute Gasteiger partial charge is 0.240 e. The van der Waals surface area contributed by atoms with Crippen molar-refractivity contribution in [2.75, 3.05) is 13.2 Å². The molecule has 2 unspecified atom stereocenters. The van der Waals surface area contributed by atoms with Crippen LogP contribution in [0, 0.1) is 5.92 Å². The topological polar surface area (TPSA) is 72.6 Å². The molecule has 1 aliphatic heterocycles. The summed E-state index contributed by atoms with van der Waals surface area (Å²) in [6.45, 7) is 2.87. The van der Waals surface area contributed by atoms with E-state index in [0.717, 1.165) is 5.75 Å². The van der Waals surface area contributed by atoms with Crippen molar-refractivity contribution in [2.24, 2.45) is 11.7 Å². The molecule has 0 aliphatic carbocycles. The predicted molar refractivity (Wildman–Crippen MR) is 75.0 cm³/mol. The summed E-state index contributed by atoms with van der Waals surface area (Å²) in [5, 5.41) is 0. The van der Waals surface area contributed by atoms with Gasteiger partial charge in [0.05, 0.1) is 6.61 Å². The Bertz CT molecular complexity index is 475. The maximum Gasteiger partial charge on any atom is 0.240 e. The van der Waals surface area contributed by atoms with Crippen molar-refractivity contribution in [3.05, 3.63) is 30.3 Å². The summed E-state index contributed by atoms with van der Waals surface area (Å²) in [6, 6.07) is 9.00. The molecule has 20 heavy (non-hydrogen) atoms. The maximum absolute atomic E-state index is 12.0. The first-order valence-corrected chi connectivity index (χ1v) is 6.88. The summed E-state index contributed by atoms with van der Waals surface area (Å²) in [4.78, 5) is 24.9. The van der Waals surface area contributed by atoms with Gasteiger partial charge >= 0.3 is 0 Å². The largest absolute Gasteiger partial charge is 0.493 e. The van der Waals surface area contributed by atoms with Gasteiger partial charge < -0.3 is 15.4 Å². The average molecular weight is 276 g/mol. The number of hydrogen-bond acceptors (Lipinski definition) is 3. The molecule has 1 fully saturated rings. The SMILES string of the molecule is CCC(C(N)=O)N1CC(COc2ccccc2)CC1=O. The minimum Gasteiger partial charge on any atom is -0.493 e. The molecule has 1 aromatic carbocycles. The minimum absolute atomic E-state index is 0.0164. The number of likely N-dealkylation sites (tertiary alicyclic amines) is 1. The van der Waals surface area contributed by atoms with Crippen LogP contribution >= 0.6 is 0 Å². The average Bonchev–Trinajstić information content (AvgIpc) is 2.79.